The summed E-state index contributed by atoms with van der Waals surface area (Å²) in [5.74, 6) is -1.44. The highest BCUT2D eigenvalue weighted by atomic mass is 32.1. The quantitative estimate of drug-likeness (QED) is 0.554. The van der Waals surface area contributed by atoms with Crippen LogP contribution in [0.1, 0.15) is 27.3 Å². The Bertz CT molecular complexity index is 781. The zero-order chi connectivity index (χ0) is 15.4. The number of H-pyrrole nitrogens is 1. The number of thiophene rings is 1. The molecule has 2 heterocycles. The van der Waals surface area contributed by atoms with Crippen LogP contribution in [0.3, 0.4) is 0 Å². The molecular formula is C15H12N4O2S. The van der Waals surface area contributed by atoms with Gasteiger partial charge in [0.2, 0.25) is 11.6 Å². The molecule has 0 spiro atoms. The van der Waals surface area contributed by atoms with Crippen molar-refractivity contribution in [3.8, 4) is 0 Å². The van der Waals surface area contributed by atoms with Crippen molar-refractivity contribution in [1.29, 1.82) is 0 Å². The summed E-state index contributed by atoms with van der Waals surface area (Å²) in [6.07, 6.45) is 0.794. The molecule has 0 aliphatic carbocycles. The Morgan fingerprint density at radius 3 is 2.59 bits per heavy atom. The number of aromatic amines is 1. The van der Waals surface area contributed by atoms with E-state index in [0.717, 1.165) is 17.5 Å². The third kappa shape index (κ3) is 3.15. The zero-order valence-corrected chi connectivity index (χ0v) is 12.3. The average molecular weight is 312 g/mol. The Kier molecular flexibility index (Phi) is 4.15. The first-order valence-corrected chi connectivity index (χ1v) is 7.57. The predicted molar refractivity (Wildman–Crippen MR) is 80.8 cm³/mol. The van der Waals surface area contributed by atoms with Gasteiger partial charge in [-0.15, -0.1) is 10.2 Å². The molecule has 0 atom stereocenters. The summed E-state index contributed by atoms with van der Waals surface area (Å²) in [6, 6.07) is 9.99. The molecule has 7 heteroatoms. The third-order valence-corrected chi connectivity index (χ3v) is 4.06. The number of benzene rings is 1. The molecule has 0 amide bonds. The Labute approximate surface area is 130 Å². The summed E-state index contributed by atoms with van der Waals surface area (Å²) in [6.45, 7) is 0. The van der Waals surface area contributed by atoms with Crippen LogP contribution in [0, 0.1) is 0 Å². The Morgan fingerprint density at radius 2 is 1.86 bits per heavy atom. The molecule has 0 aliphatic heterocycles. The van der Waals surface area contributed by atoms with E-state index in [1.54, 1.807) is 0 Å². The van der Waals surface area contributed by atoms with Crippen molar-refractivity contribution in [3.05, 3.63) is 63.6 Å². The van der Waals surface area contributed by atoms with Crippen LogP contribution in [0.25, 0.3) is 0 Å². The summed E-state index contributed by atoms with van der Waals surface area (Å²) in [5.41, 5.74) is 3.10. The van der Waals surface area contributed by atoms with E-state index in [9.17, 15) is 9.59 Å². The first kappa shape index (κ1) is 14.3. The monoisotopic (exact) mass is 312 g/mol. The number of carbonyl (C=O) groups is 2. The molecule has 0 saturated carbocycles. The van der Waals surface area contributed by atoms with Gasteiger partial charge in [0.1, 0.15) is 0 Å². The maximum atomic E-state index is 12.0. The van der Waals surface area contributed by atoms with Gasteiger partial charge in [-0.25, -0.2) is 0 Å². The fourth-order valence-electron chi connectivity index (χ4n) is 2.11. The molecule has 0 fully saturated rings. The van der Waals surface area contributed by atoms with Crippen molar-refractivity contribution >= 4 is 22.9 Å². The van der Waals surface area contributed by atoms with Gasteiger partial charge in [-0.05, 0) is 39.1 Å². The van der Waals surface area contributed by atoms with Gasteiger partial charge in [0.25, 0.3) is 5.78 Å². The van der Waals surface area contributed by atoms with Crippen molar-refractivity contribution in [1.82, 2.24) is 20.6 Å². The van der Waals surface area contributed by atoms with Crippen LogP contribution >= 0.6 is 11.3 Å². The number of aromatic nitrogens is 4. The minimum atomic E-state index is -0.717. The molecular weight excluding hydrogens is 300 g/mol. The zero-order valence-electron chi connectivity index (χ0n) is 11.5. The maximum absolute atomic E-state index is 12.0. The van der Waals surface area contributed by atoms with Gasteiger partial charge in [0, 0.05) is 6.42 Å². The van der Waals surface area contributed by atoms with Crippen LogP contribution in [0.2, 0.25) is 0 Å². The molecule has 3 aromatic rings. The van der Waals surface area contributed by atoms with Crippen LogP contribution in [0.4, 0.5) is 0 Å². The summed E-state index contributed by atoms with van der Waals surface area (Å²) < 4.78 is 0. The Balaban J connectivity index is 1.72. The smallest absolute Gasteiger partial charge is 0.269 e. The number of nitrogens with zero attached hydrogens (tertiary/aromatic N) is 3. The molecule has 22 heavy (non-hydrogen) atoms. The van der Waals surface area contributed by atoms with Crippen molar-refractivity contribution in [2.24, 2.45) is 0 Å². The number of rotatable bonds is 6. The molecule has 1 aromatic carbocycles. The first-order valence-electron chi connectivity index (χ1n) is 6.63. The summed E-state index contributed by atoms with van der Waals surface area (Å²) in [4.78, 5) is 23.9. The van der Waals surface area contributed by atoms with E-state index in [1.807, 2.05) is 41.1 Å². The second kappa shape index (κ2) is 6.40. The highest BCUT2D eigenvalue weighted by molar-refractivity contribution is 7.08. The fourth-order valence-corrected chi connectivity index (χ4v) is 2.98. The first-order chi connectivity index (χ1) is 10.7. The number of ketones is 2. The van der Waals surface area contributed by atoms with Crippen molar-refractivity contribution in [2.75, 3.05) is 0 Å². The summed E-state index contributed by atoms with van der Waals surface area (Å²) >= 11 is 1.52. The number of carbonyl (C=O) groups excluding carboxylic acids is 2. The lowest BCUT2D eigenvalue weighted by Gasteiger charge is -2.03. The van der Waals surface area contributed by atoms with E-state index in [4.69, 9.17) is 0 Å². The SMILES string of the molecule is O=C(Cc1cscc1Cc1ccccc1)C(=O)c1nn[nH]n1. The van der Waals surface area contributed by atoms with Crippen molar-refractivity contribution < 1.29 is 9.59 Å². The Hall–Kier alpha value is -2.67. The molecule has 0 radical (unpaired) electrons. The standard InChI is InChI=1S/C15H12N4O2S/c20-13(14(21)15-16-18-19-17-15)7-12-9-22-8-11(12)6-10-4-2-1-3-5-10/h1-5,8-9H,6-7H2,(H,16,17,18,19). The van der Waals surface area contributed by atoms with Gasteiger partial charge in [0.15, 0.2) is 0 Å². The van der Waals surface area contributed by atoms with E-state index >= 15 is 0 Å². The largest absolute Gasteiger partial charge is 0.290 e. The molecule has 6 nitrogen and oxygen atoms in total. The lowest BCUT2D eigenvalue weighted by atomic mass is 10.00. The predicted octanol–water partition coefficient (Wildman–Crippen LogP) is 1.85. The highest BCUT2D eigenvalue weighted by Crippen LogP contribution is 2.20. The van der Waals surface area contributed by atoms with Gasteiger partial charge in [0.05, 0.1) is 0 Å². The van der Waals surface area contributed by atoms with Crippen LogP contribution < -0.4 is 0 Å². The van der Waals surface area contributed by atoms with Gasteiger partial charge >= 0.3 is 0 Å². The molecule has 0 aliphatic rings. The molecule has 0 saturated heterocycles. The van der Waals surface area contributed by atoms with Gasteiger partial charge < -0.3 is 0 Å². The van der Waals surface area contributed by atoms with Crippen LogP contribution in [-0.4, -0.2) is 32.2 Å². The summed E-state index contributed by atoms with van der Waals surface area (Å²) in [7, 11) is 0. The lowest BCUT2D eigenvalue weighted by molar-refractivity contribution is -0.114. The molecule has 3 rings (SSSR count). The molecule has 0 bridgehead atoms. The van der Waals surface area contributed by atoms with E-state index in [-0.39, 0.29) is 12.2 Å². The van der Waals surface area contributed by atoms with Crippen LogP contribution in [0.5, 0.6) is 0 Å². The highest BCUT2D eigenvalue weighted by Gasteiger charge is 2.22. The van der Waals surface area contributed by atoms with Crippen molar-refractivity contribution in [3.63, 3.8) is 0 Å². The van der Waals surface area contributed by atoms with Crippen molar-refractivity contribution in [2.45, 2.75) is 12.8 Å². The van der Waals surface area contributed by atoms with E-state index in [2.05, 4.69) is 20.6 Å². The fraction of sp³-hybridized carbons (Fsp3) is 0.133. The number of Topliss-reactive ketones (excluding diaryl/α,β-unsaturated/α-hetero) is 2. The lowest BCUT2D eigenvalue weighted by Crippen LogP contribution is -2.18. The van der Waals surface area contributed by atoms with Gasteiger partial charge in [-0.3, -0.25) is 9.59 Å². The van der Waals surface area contributed by atoms with Crippen LogP contribution in [-0.2, 0) is 17.6 Å². The minimum absolute atomic E-state index is 0.0546. The maximum Gasteiger partial charge on any atom is 0.269 e. The Morgan fingerprint density at radius 1 is 1.09 bits per heavy atom. The third-order valence-electron chi connectivity index (χ3n) is 3.22. The molecule has 2 aromatic heterocycles. The number of tetrazole rings is 1. The number of hydrogen-bond acceptors (Lipinski definition) is 6. The van der Waals surface area contributed by atoms with E-state index in [0.29, 0.717) is 0 Å². The average Bonchev–Trinajstić information content (AvgIpc) is 3.20. The topological polar surface area (TPSA) is 88.6 Å². The van der Waals surface area contributed by atoms with Crippen LogP contribution in [0.15, 0.2) is 41.1 Å². The number of hydrogen-bond donors (Lipinski definition) is 1. The normalized spacial score (nSPS) is 10.5. The van der Waals surface area contributed by atoms with E-state index in [1.165, 1.54) is 16.9 Å². The number of nitrogens with one attached hydrogen (secondary N) is 1. The minimum Gasteiger partial charge on any atom is -0.290 e. The molecule has 0 unspecified atom stereocenters. The van der Waals surface area contributed by atoms with E-state index < -0.39 is 11.6 Å². The van der Waals surface area contributed by atoms with Gasteiger partial charge in [-0.1, -0.05) is 30.3 Å². The molecule has 110 valence electrons. The molecule has 1 N–H and O–H groups in total. The second-order valence-electron chi connectivity index (χ2n) is 4.75. The van der Waals surface area contributed by atoms with Gasteiger partial charge in [-0.2, -0.15) is 16.6 Å². The summed E-state index contributed by atoms with van der Waals surface area (Å²) in [5, 5.41) is 16.5. The second-order valence-corrected chi connectivity index (χ2v) is 5.49.